The van der Waals surface area contributed by atoms with Gasteiger partial charge in [-0.05, 0) is 25.3 Å². The van der Waals surface area contributed by atoms with E-state index in [9.17, 15) is 0 Å². The summed E-state index contributed by atoms with van der Waals surface area (Å²) >= 11 is 0. The molecule has 1 aliphatic rings. The maximum absolute atomic E-state index is 8.63. The highest BCUT2D eigenvalue weighted by Crippen LogP contribution is 2.34. The van der Waals surface area contributed by atoms with Crippen LogP contribution in [0.15, 0.2) is 24.8 Å². The number of nitrogens with zero attached hydrogens (tertiary/aromatic N) is 4. The predicted molar refractivity (Wildman–Crippen MR) is 84.3 cm³/mol. The first-order valence-electron chi connectivity index (χ1n) is 7.76. The molecule has 3 heterocycles. The van der Waals surface area contributed by atoms with Crippen molar-refractivity contribution >= 4 is 22.1 Å². The third kappa shape index (κ3) is 2.14. The molecule has 22 heavy (non-hydrogen) atoms. The van der Waals surface area contributed by atoms with Crippen molar-refractivity contribution in [2.75, 3.05) is 6.54 Å². The number of aromatic nitrogens is 4. The fraction of sp³-hybridized carbons (Fsp3) is 0.438. The number of nitriles is 1. The maximum atomic E-state index is 8.63. The summed E-state index contributed by atoms with van der Waals surface area (Å²) < 4.78 is 2.30. The Hall–Kier alpha value is -2.39. The molecule has 0 bridgehead atoms. The Morgan fingerprint density at radius 2 is 2.36 bits per heavy atom. The van der Waals surface area contributed by atoms with Gasteiger partial charge in [-0.25, -0.2) is 9.97 Å². The number of hydrogen-bond acceptors (Lipinski definition) is 4. The van der Waals surface area contributed by atoms with E-state index in [4.69, 9.17) is 5.26 Å². The molecule has 0 radical (unpaired) electrons. The molecule has 112 valence electrons. The Balaban J connectivity index is 1.62. The van der Waals surface area contributed by atoms with E-state index in [1.807, 2.05) is 18.7 Å². The van der Waals surface area contributed by atoms with Gasteiger partial charge in [-0.1, -0.05) is 0 Å². The van der Waals surface area contributed by atoms with Gasteiger partial charge in [0.1, 0.15) is 11.2 Å². The SMILES string of the molecule is N#CCCN[C@H]1CC[C@H](n2cnc3cnc4[nH]ccc4c32)C1. The van der Waals surface area contributed by atoms with Gasteiger partial charge in [0.05, 0.1) is 24.1 Å². The number of H-pyrrole nitrogens is 1. The van der Waals surface area contributed by atoms with Crippen molar-refractivity contribution in [2.45, 2.75) is 37.8 Å². The van der Waals surface area contributed by atoms with Crippen molar-refractivity contribution < 1.29 is 0 Å². The highest BCUT2D eigenvalue weighted by atomic mass is 15.1. The van der Waals surface area contributed by atoms with E-state index in [2.05, 4.69) is 37.0 Å². The normalized spacial score (nSPS) is 21.6. The van der Waals surface area contributed by atoms with Crippen molar-refractivity contribution in [3.63, 3.8) is 0 Å². The van der Waals surface area contributed by atoms with Crippen LogP contribution < -0.4 is 5.32 Å². The Labute approximate surface area is 128 Å². The van der Waals surface area contributed by atoms with Crippen LogP contribution in [0.4, 0.5) is 0 Å². The number of fused-ring (bicyclic) bond motifs is 3. The average Bonchev–Trinajstić information content (AvgIpc) is 3.25. The molecule has 0 spiro atoms. The lowest BCUT2D eigenvalue weighted by Gasteiger charge is -2.15. The zero-order valence-corrected chi connectivity index (χ0v) is 12.3. The van der Waals surface area contributed by atoms with E-state index in [1.54, 1.807) is 0 Å². The van der Waals surface area contributed by atoms with Crippen molar-refractivity contribution in [3.8, 4) is 6.07 Å². The minimum Gasteiger partial charge on any atom is -0.346 e. The number of hydrogen-bond donors (Lipinski definition) is 2. The quantitative estimate of drug-likeness (QED) is 0.724. The molecule has 6 heteroatoms. The first kappa shape index (κ1) is 13.3. The second-order valence-corrected chi connectivity index (χ2v) is 5.91. The first-order valence-corrected chi connectivity index (χ1v) is 7.76. The van der Waals surface area contributed by atoms with Crippen LogP contribution >= 0.6 is 0 Å². The number of aromatic amines is 1. The first-order chi connectivity index (χ1) is 10.9. The monoisotopic (exact) mass is 294 g/mol. The lowest BCUT2D eigenvalue weighted by Crippen LogP contribution is -2.27. The van der Waals surface area contributed by atoms with Gasteiger partial charge < -0.3 is 14.9 Å². The molecule has 3 aromatic heterocycles. The molecule has 0 aliphatic heterocycles. The van der Waals surface area contributed by atoms with Crippen molar-refractivity contribution in [3.05, 3.63) is 24.8 Å². The van der Waals surface area contributed by atoms with Gasteiger partial charge in [0.25, 0.3) is 0 Å². The Bertz CT molecular complexity index is 839. The standard InChI is InChI=1S/C16H18N6/c17-5-1-6-18-11-2-3-12(8-11)22-10-21-14-9-20-16-13(15(14)22)4-7-19-16/h4,7,9-12,18H,1-3,6,8H2,(H,19,20)/t11-,12-/m0/s1. The molecule has 3 aromatic rings. The Morgan fingerprint density at radius 3 is 3.27 bits per heavy atom. The second-order valence-electron chi connectivity index (χ2n) is 5.91. The summed E-state index contributed by atoms with van der Waals surface area (Å²) in [5.41, 5.74) is 3.04. The number of imidazole rings is 1. The molecule has 0 unspecified atom stereocenters. The summed E-state index contributed by atoms with van der Waals surface area (Å²) in [6, 6.07) is 5.22. The van der Waals surface area contributed by atoms with Gasteiger partial charge in [0, 0.05) is 36.6 Å². The molecule has 1 fully saturated rings. The van der Waals surface area contributed by atoms with Crippen molar-refractivity contribution in [1.82, 2.24) is 24.8 Å². The van der Waals surface area contributed by atoms with Gasteiger partial charge in [0.15, 0.2) is 0 Å². The van der Waals surface area contributed by atoms with Crippen LogP contribution in [0.5, 0.6) is 0 Å². The minimum atomic E-state index is 0.463. The second kappa shape index (κ2) is 5.43. The summed E-state index contributed by atoms with van der Waals surface area (Å²) in [5.74, 6) is 0. The molecule has 0 amide bonds. The summed E-state index contributed by atoms with van der Waals surface area (Å²) in [6.45, 7) is 0.782. The predicted octanol–water partition coefficient (Wildman–Crippen LogP) is 2.51. The van der Waals surface area contributed by atoms with Crippen molar-refractivity contribution in [1.29, 1.82) is 5.26 Å². The van der Waals surface area contributed by atoms with Crippen LogP contribution in [-0.2, 0) is 0 Å². The number of nitrogens with one attached hydrogen (secondary N) is 2. The molecule has 4 rings (SSSR count). The Morgan fingerprint density at radius 1 is 1.41 bits per heavy atom. The van der Waals surface area contributed by atoms with Gasteiger partial charge in [-0.2, -0.15) is 5.26 Å². The summed E-state index contributed by atoms with van der Waals surface area (Å²) in [4.78, 5) is 12.1. The lowest BCUT2D eigenvalue weighted by atomic mass is 10.2. The van der Waals surface area contributed by atoms with Crippen LogP contribution in [0.2, 0.25) is 0 Å². The van der Waals surface area contributed by atoms with Crippen LogP contribution in [-0.4, -0.2) is 32.1 Å². The fourth-order valence-corrected chi connectivity index (χ4v) is 3.54. The molecule has 0 saturated heterocycles. The van der Waals surface area contributed by atoms with E-state index in [-0.39, 0.29) is 0 Å². The summed E-state index contributed by atoms with van der Waals surface area (Å²) in [5, 5.41) is 13.2. The topological polar surface area (TPSA) is 82.3 Å². The zero-order valence-electron chi connectivity index (χ0n) is 12.3. The van der Waals surface area contributed by atoms with Crippen LogP contribution in [0.25, 0.3) is 22.1 Å². The van der Waals surface area contributed by atoms with E-state index in [0.29, 0.717) is 18.5 Å². The van der Waals surface area contributed by atoms with Crippen LogP contribution in [0.1, 0.15) is 31.7 Å². The minimum absolute atomic E-state index is 0.463. The molecule has 2 N–H and O–H groups in total. The fourth-order valence-electron chi connectivity index (χ4n) is 3.54. The van der Waals surface area contributed by atoms with Crippen molar-refractivity contribution in [2.24, 2.45) is 0 Å². The highest BCUT2D eigenvalue weighted by molar-refractivity contribution is 6.00. The van der Waals surface area contributed by atoms with Gasteiger partial charge in [0.2, 0.25) is 0 Å². The maximum Gasteiger partial charge on any atom is 0.139 e. The summed E-state index contributed by atoms with van der Waals surface area (Å²) in [7, 11) is 0. The van der Waals surface area contributed by atoms with Crippen LogP contribution in [0.3, 0.4) is 0 Å². The summed E-state index contributed by atoms with van der Waals surface area (Å²) in [6.07, 6.45) is 9.66. The number of pyridine rings is 1. The number of rotatable bonds is 4. The smallest absolute Gasteiger partial charge is 0.139 e. The lowest BCUT2D eigenvalue weighted by molar-refractivity contribution is 0.485. The molecule has 6 nitrogen and oxygen atoms in total. The molecule has 1 saturated carbocycles. The molecule has 1 aliphatic carbocycles. The van der Waals surface area contributed by atoms with E-state index >= 15 is 0 Å². The van der Waals surface area contributed by atoms with E-state index < -0.39 is 0 Å². The third-order valence-electron chi connectivity index (χ3n) is 4.59. The molecule has 2 atom stereocenters. The third-order valence-corrected chi connectivity index (χ3v) is 4.59. The van der Waals surface area contributed by atoms with E-state index in [1.165, 1.54) is 5.52 Å². The van der Waals surface area contributed by atoms with Crippen LogP contribution in [0, 0.1) is 11.3 Å². The average molecular weight is 294 g/mol. The highest BCUT2D eigenvalue weighted by Gasteiger charge is 2.27. The van der Waals surface area contributed by atoms with E-state index in [0.717, 1.165) is 42.4 Å². The molecular weight excluding hydrogens is 276 g/mol. The largest absolute Gasteiger partial charge is 0.346 e. The molecular formula is C16H18N6. The zero-order chi connectivity index (χ0) is 14.9. The Kier molecular flexibility index (Phi) is 3.28. The van der Waals surface area contributed by atoms with Gasteiger partial charge in [-0.3, -0.25) is 0 Å². The van der Waals surface area contributed by atoms with Gasteiger partial charge >= 0.3 is 0 Å². The molecule has 0 aromatic carbocycles. The van der Waals surface area contributed by atoms with Gasteiger partial charge in [-0.15, -0.1) is 0 Å².